The molecule has 0 radical (unpaired) electrons. The molecule has 6 unspecified atom stereocenters. The van der Waals surface area contributed by atoms with Crippen molar-refractivity contribution in [1.29, 1.82) is 0 Å². The number of carbonyl (C=O) groups excluding carboxylic acids is 2. The van der Waals surface area contributed by atoms with Crippen LogP contribution in [-0.4, -0.2) is 96.0 Å². The lowest BCUT2D eigenvalue weighted by atomic mass is 10.00. The van der Waals surface area contributed by atoms with E-state index in [2.05, 4.69) is 13.8 Å². The Morgan fingerprint density at radius 3 is 1.43 bits per heavy atom. The normalized spacial score (nSPS) is 21.4. The largest absolute Gasteiger partial charge is 0.462 e. The van der Waals surface area contributed by atoms with Gasteiger partial charge in [0.25, 0.3) is 10.1 Å². The second kappa shape index (κ2) is 30.0. The molecule has 1 saturated heterocycles. The summed E-state index contributed by atoms with van der Waals surface area (Å²) in [5.74, 6) is -1.97. The number of carbonyl (C=O) groups is 2. The van der Waals surface area contributed by atoms with E-state index >= 15 is 0 Å². The van der Waals surface area contributed by atoms with E-state index in [1.807, 2.05) is 0 Å². The molecule has 302 valence electrons. The summed E-state index contributed by atoms with van der Waals surface area (Å²) in [5.41, 5.74) is 0. The van der Waals surface area contributed by atoms with Crippen molar-refractivity contribution in [3.63, 3.8) is 0 Å². The van der Waals surface area contributed by atoms with Crippen molar-refractivity contribution in [1.82, 2.24) is 0 Å². The Bertz CT molecular complexity index is 978. The zero-order chi connectivity index (χ0) is 37.7. The highest BCUT2D eigenvalue weighted by molar-refractivity contribution is 7.85. The molecule has 1 fully saturated rings. The molecular formula is C38H72O12S. The van der Waals surface area contributed by atoms with Gasteiger partial charge >= 0.3 is 11.9 Å². The highest BCUT2D eigenvalue weighted by atomic mass is 32.2. The third-order valence-corrected chi connectivity index (χ3v) is 10.2. The van der Waals surface area contributed by atoms with Gasteiger partial charge in [0.15, 0.2) is 12.4 Å². The Balaban J connectivity index is 2.50. The van der Waals surface area contributed by atoms with Gasteiger partial charge in [-0.15, -0.1) is 0 Å². The quantitative estimate of drug-likeness (QED) is 0.0308. The van der Waals surface area contributed by atoms with E-state index in [1.165, 1.54) is 96.3 Å². The van der Waals surface area contributed by atoms with Crippen LogP contribution >= 0.6 is 0 Å². The first kappa shape index (κ1) is 47.7. The number of esters is 2. The van der Waals surface area contributed by atoms with Gasteiger partial charge in [-0.05, 0) is 12.8 Å². The first-order valence-electron chi connectivity index (χ1n) is 20.1. The maximum Gasteiger partial charge on any atom is 0.306 e. The van der Waals surface area contributed by atoms with Gasteiger partial charge < -0.3 is 34.3 Å². The molecule has 0 aromatic rings. The van der Waals surface area contributed by atoms with Crippen LogP contribution in [0.15, 0.2) is 0 Å². The molecule has 0 bridgehead atoms. The molecule has 1 rings (SSSR count). The van der Waals surface area contributed by atoms with Crippen molar-refractivity contribution < 1.29 is 56.8 Å². The molecule has 0 spiro atoms. The van der Waals surface area contributed by atoms with E-state index in [9.17, 15) is 37.9 Å². The second-order valence-electron chi connectivity index (χ2n) is 14.3. The van der Waals surface area contributed by atoms with Crippen molar-refractivity contribution in [2.75, 3.05) is 19.0 Å². The Kier molecular flexibility index (Phi) is 28.1. The summed E-state index contributed by atoms with van der Waals surface area (Å²) in [7, 11) is -4.59. The summed E-state index contributed by atoms with van der Waals surface area (Å²) in [4.78, 5) is 25.2. The van der Waals surface area contributed by atoms with Crippen LogP contribution in [0.4, 0.5) is 0 Å². The van der Waals surface area contributed by atoms with Gasteiger partial charge in [0, 0.05) is 12.8 Å². The van der Waals surface area contributed by atoms with Crippen LogP contribution in [0.25, 0.3) is 0 Å². The Labute approximate surface area is 308 Å². The lowest BCUT2D eigenvalue weighted by molar-refractivity contribution is -0.297. The third kappa shape index (κ3) is 25.3. The fraction of sp³-hybridized carbons (Fsp3) is 0.947. The number of ether oxygens (including phenoxy) is 4. The van der Waals surface area contributed by atoms with Gasteiger partial charge in [0.05, 0.1) is 6.61 Å². The van der Waals surface area contributed by atoms with E-state index < -0.39 is 71.2 Å². The predicted octanol–water partition coefficient (Wildman–Crippen LogP) is 6.95. The second-order valence-corrected chi connectivity index (χ2v) is 15.8. The first-order valence-corrected chi connectivity index (χ1v) is 21.7. The molecule has 0 aromatic heterocycles. The molecule has 4 N–H and O–H groups in total. The van der Waals surface area contributed by atoms with Gasteiger partial charge in [0.1, 0.15) is 36.8 Å². The van der Waals surface area contributed by atoms with Crippen molar-refractivity contribution in [2.24, 2.45) is 0 Å². The van der Waals surface area contributed by atoms with Crippen molar-refractivity contribution >= 4 is 22.1 Å². The van der Waals surface area contributed by atoms with Crippen LogP contribution in [0.2, 0.25) is 0 Å². The molecule has 6 atom stereocenters. The van der Waals surface area contributed by atoms with Crippen LogP contribution < -0.4 is 0 Å². The maximum absolute atomic E-state index is 12.7. The zero-order valence-electron chi connectivity index (χ0n) is 31.7. The van der Waals surface area contributed by atoms with Gasteiger partial charge in [0.2, 0.25) is 0 Å². The summed E-state index contributed by atoms with van der Waals surface area (Å²) in [6.07, 6.45) is 17.3. The monoisotopic (exact) mass is 752 g/mol. The molecule has 51 heavy (non-hydrogen) atoms. The molecule has 0 amide bonds. The predicted molar refractivity (Wildman–Crippen MR) is 197 cm³/mol. The Morgan fingerprint density at radius 2 is 1.00 bits per heavy atom. The van der Waals surface area contributed by atoms with E-state index in [4.69, 9.17) is 18.9 Å². The molecule has 0 aromatic carbocycles. The Hall–Kier alpha value is -1.35. The number of rotatable bonds is 33. The smallest absolute Gasteiger partial charge is 0.306 e. The minimum atomic E-state index is -4.59. The van der Waals surface area contributed by atoms with Gasteiger partial charge in [-0.2, -0.15) is 8.42 Å². The number of hydrogen-bond acceptors (Lipinski definition) is 11. The minimum Gasteiger partial charge on any atom is -0.462 e. The van der Waals surface area contributed by atoms with Gasteiger partial charge in [-0.3, -0.25) is 14.1 Å². The molecule has 1 heterocycles. The summed E-state index contributed by atoms with van der Waals surface area (Å²) in [6, 6.07) is 0. The van der Waals surface area contributed by atoms with E-state index in [0.29, 0.717) is 12.8 Å². The standard InChI is InChI=1S/C38H72O12S/c1-3-5-7-9-11-13-15-16-17-19-21-23-25-27-34(40)49-31(28-47-33(39)26-24-22-20-18-14-12-10-8-6-4-2)29-48-38-37(43)36(42)35(41)32(50-38)30-51(44,45)46/h31-32,35-38,41-43H,3-30H2,1-2H3,(H,44,45,46). The van der Waals surface area contributed by atoms with Crippen LogP contribution in [0.5, 0.6) is 0 Å². The van der Waals surface area contributed by atoms with Crippen LogP contribution in [0, 0.1) is 0 Å². The number of unbranched alkanes of at least 4 members (excludes halogenated alkanes) is 21. The first-order chi connectivity index (χ1) is 24.5. The maximum atomic E-state index is 12.7. The van der Waals surface area contributed by atoms with E-state index in [0.717, 1.165) is 38.5 Å². The lowest BCUT2D eigenvalue weighted by Gasteiger charge is -2.40. The Morgan fingerprint density at radius 1 is 0.588 bits per heavy atom. The van der Waals surface area contributed by atoms with Crippen molar-refractivity contribution in [3.05, 3.63) is 0 Å². The lowest BCUT2D eigenvalue weighted by Crippen LogP contribution is -2.60. The van der Waals surface area contributed by atoms with E-state index in [1.54, 1.807) is 0 Å². The average molecular weight is 753 g/mol. The molecule has 0 saturated carbocycles. The van der Waals surface area contributed by atoms with Crippen LogP contribution in [0.1, 0.15) is 174 Å². The highest BCUT2D eigenvalue weighted by Gasteiger charge is 2.46. The molecule has 1 aliphatic heterocycles. The fourth-order valence-electron chi connectivity index (χ4n) is 6.26. The summed E-state index contributed by atoms with van der Waals surface area (Å²) < 4.78 is 53.8. The SMILES string of the molecule is CCCCCCCCCCCCCCCC(=O)OC(COC(=O)CCCCCCCCCCCC)COC1OC(CS(=O)(=O)O)C(O)C(O)C1O. The minimum absolute atomic E-state index is 0.171. The topological polar surface area (TPSA) is 186 Å². The number of aliphatic hydroxyl groups excluding tert-OH is 3. The van der Waals surface area contributed by atoms with Gasteiger partial charge in [-0.1, -0.05) is 149 Å². The van der Waals surface area contributed by atoms with Crippen molar-refractivity contribution in [2.45, 2.75) is 211 Å². The van der Waals surface area contributed by atoms with Gasteiger partial charge in [-0.25, -0.2) is 0 Å². The van der Waals surface area contributed by atoms with E-state index in [-0.39, 0.29) is 19.4 Å². The average Bonchev–Trinajstić information content (AvgIpc) is 3.09. The zero-order valence-corrected chi connectivity index (χ0v) is 32.5. The summed E-state index contributed by atoms with van der Waals surface area (Å²) in [6.45, 7) is 3.73. The molecule has 12 nitrogen and oxygen atoms in total. The highest BCUT2D eigenvalue weighted by Crippen LogP contribution is 2.24. The molecular weight excluding hydrogens is 680 g/mol. The summed E-state index contributed by atoms with van der Waals surface area (Å²) in [5, 5.41) is 30.7. The van der Waals surface area contributed by atoms with Crippen LogP contribution in [-0.2, 0) is 38.7 Å². The van der Waals surface area contributed by atoms with Crippen molar-refractivity contribution in [3.8, 4) is 0 Å². The molecule has 13 heteroatoms. The summed E-state index contributed by atoms with van der Waals surface area (Å²) >= 11 is 0. The third-order valence-electron chi connectivity index (χ3n) is 9.44. The number of hydrogen-bond donors (Lipinski definition) is 4. The molecule has 1 aliphatic rings. The number of aliphatic hydroxyl groups is 3. The fourth-order valence-corrected chi connectivity index (χ4v) is 6.96. The molecule has 0 aliphatic carbocycles. The van der Waals surface area contributed by atoms with Crippen LogP contribution in [0.3, 0.4) is 0 Å².